The Morgan fingerprint density at radius 3 is 2.37 bits per heavy atom. The van der Waals surface area contributed by atoms with Crippen molar-refractivity contribution in [3.8, 4) is 0 Å². The molecular weight excluding hydrogens is 258 g/mol. The van der Waals surface area contributed by atoms with Gasteiger partial charge in [-0.1, -0.05) is 20.8 Å². The zero-order chi connectivity index (χ0) is 13.9. The Labute approximate surface area is 120 Å². The summed E-state index contributed by atoms with van der Waals surface area (Å²) < 4.78 is 0. The number of piperazine rings is 1. The summed E-state index contributed by atoms with van der Waals surface area (Å²) in [5.74, 6) is 0. The lowest BCUT2D eigenvalue weighted by Crippen LogP contribution is -2.46. The second kappa shape index (κ2) is 6.31. The fourth-order valence-electron chi connectivity index (χ4n) is 2.23. The highest BCUT2D eigenvalue weighted by Crippen LogP contribution is 2.24. The number of thiazole rings is 1. The van der Waals surface area contributed by atoms with Gasteiger partial charge in [0.1, 0.15) is 5.01 Å². The minimum Gasteiger partial charge on any atom is -0.395 e. The van der Waals surface area contributed by atoms with Crippen molar-refractivity contribution in [1.82, 2.24) is 14.8 Å². The summed E-state index contributed by atoms with van der Waals surface area (Å²) in [4.78, 5) is 9.53. The van der Waals surface area contributed by atoms with Crippen molar-refractivity contribution in [2.75, 3.05) is 39.3 Å². The number of rotatable bonds is 4. The summed E-state index contributed by atoms with van der Waals surface area (Å²) in [6.07, 6.45) is 0. The third-order valence-electron chi connectivity index (χ3n) is 3.56. The number of hydrogen-bond donors (Lipinski definition) is 1. The van der Waals surface area contributed by atoms with E-state index in [0.29, 0.717) is 0 Å². The van der Waals surface area contributed by atoms with Gasteiger partial charge in [-0.2, -0.15) is 0 Å². The summed E-state index contributed by atoms with van der Waals surface area (Å²) in [7, 11) is 0. The molecule has 108 valence electrons. The molecule has 1 aromatic rings. The third-order valence-corrected chi connectivity index (χ3v) is 4.39. The molecule has 5 heteroatoms. The maximum atomic E-state index is 8.93. The maximum Gasteiger partial charge on any atom is 0.107 e. The summed E-state index contributed by atoms with van der Waals surface area (Å²) in [6.45, 7) is 12.9. The number of β-amino-alcohol motifs (C(OH)–C–C–N with tert-alkyl or cyclic N) is 1. The molecule has 0 atom stereocenters. The molecule has 1 fully saturated rings. The normalized spacial score (nSPS) is 18.9. The zero-order valence-electron chi connectivity index (χ0n) is 12.2. The van der Waals surface area contributed by atoms with E-state index in [2.05, 4.69) is 36.0 Å². The van der Waals surface area contributed by atoms with E-state index in [4.69, 9.17) is 10.1 Å². The largest absolute Gasteiger partial charge is 0.395 e. The minimum atomic E-state index is 0.147. The zero-order valence-corrected chi connectivity index (χ0v) is 13.0. The second-order valence-corrected chi connectivity index (χ2v) is 7.16. The van der Waals surface area contributed by atoms with Crippen LogP contribution >= 0.6 is 11.3 Å². The lowest BCUT2D eigenvalue weighted by atomic mass is 9.93. The Balaban J connectivity index is 1.84. The van der Waals surface area contributed by atoms with Gasteiger partial charge in [0.05, 0.1) is 18.8 Å². The highest BCUT2D eigenvalue weighted by atomic mass is 32.1. The lowest BCUT2D eigenvalue weighted by Gasteiger charge is -2.33. The quantitative estimate of drug-likeness (QED) is 0.910. The van der Waals surface area contributed by atoms with Crippen molar-refractivity contribution >= 4 is 11.3 Å². The van der Waals surface area contributed by atoms with Crippen molar-refractivity contribution in [3.63, 3.8) is 0 Å². The van der Waals surface area contributed by atoms with Crippen molar-refractivity contribution < 1.29 is 5.11 Å². The Morgan fingerprint density at radius 1 is 1.21 bits per heavy atom. The minimum absolute atomic E-state index is 0.147. The van der Waals surface area contributed by atoms with Crippen LogP contribution in [0.5, 0.6) is 0 Å². The molecule has 4 nitrogen and oxygen atoms in total. The van der Waals surface area contributed by atoms with E-state index < -0.39 is 0 Å². The SMILES string of the molecule is CC(C)(C)c1csc(CN2CCN(CCO)CC2)n1. The molecule has 2 heterocycles. The van der Waals surface area contributed by atoms with Crippen molar-refractivity contribution in [2.24, 2.45) is 0 Å². The van der Waals surface area contributed by atoms with Crippen LogP contribution in [0.2, 0.25) is 0 Å². The topological polar surface area (TPSA) is 39.6 Å². The van der Waals surface area contributed by atoms with Crippen LogP contribution in [0.1, 0.15) is 31.5 Å². The molecule has 0 radical (unpaired) electrons. The Morgan fingerprint density at radius 2 is 1.84 bits per heavy atom. The molecule has 1 aromatic heterocycles. The first-order valence-corrected chi connectivity index (χ1v) is 7.87. The van der Waals surface area contributed by atoms with Gasteiger partial charge in [-0.3, -0.25) is 9.80 Å². The molecule has 0 aromatic carbocycles. The summed E-state index contributed by atoms with van der Waals surface area (Å²) in [5, 5.41) is 12.3. The molecule has 1 saturated heterocycles. The van der Waals surface area contributed by atoms with Gasteiger partial charge in [-0.25, -0.2) is 4.98 Å². The van der Waals surface area contributed by atoms with Gasteiger partial charge in [-0.05, 0) is 0 Å². The highest BCUT2D eigenvalue weighted by molar-refractivity contribution is 7.09. The number of hydrogen-bond acceptors (Lipinski definition) is 5. The van der Waals surface area contributed by atoms with E-state index >= 15 is 0 Å². The molecule has 1 aliphatic rings. The molecule has 0 unspecified atom stereocenters. The highest BCUT2D eigenvalue weighted by Gasteiger charge is 2.20. The molecule has 1 N–H and O–H groups in total. The molecule has 1 aliphatic heterocycles. The molecule has 0 amide bonds. The van der Waals surface area contributed by atoms with Crippen LogP contribution in [0.3, 0.4) is 0 Å². The van der Waals surface area contributed by atoms with Gasteiger partial charge in [0.25, 0.3) is 0 Å². The first-order chi connectivity index (χ1) is 8.99. The fourth-order valence-corrected chi connectivity index (χ4v) is 3.29. The summed E-state index contributed by atoms with van der Waals surface area (Å²) in [5.41, 5.74) is 1.35. The van der Waals surface area contributed by atoms with Crippen LogP contribution in [0.4, 0.5) is 0 Å². The molecule has 0 aliphatic carbocycles. The number of aliphatic hydroxyl groups excluding tert-OH is 1. The molecule has 0 spiro atoms. The van der Waals surface area contributed by atoms with E-state index in [1.54, 1.807) is 11.3 Å². The molecule has 19 heavy (non-hydrogen) atoms. The standard InChI is InChI=1S/C14H25N3OS/c1-14(2,3)12-11-19-13(15-12)10-17-6-4-16(5-7-17)8-9-18/h11,18H,4-10H2,1-3H3. The Kier molecular flexibility index (Phi) is 4.95. The average molecular weight is 283 g/mol. The third kappa shape index (κ3) is 4.24. The van der Waals surface area contributed by atoms with E-state index in [1.807, 2.05) is 0 Å². The van der Waals surface area contributed by atoms with Crippen molar-refractivity contribution in [2.45, 2.75) is 32.7 Å². The average Bonchev–Trinajstić information content (AvgIpc) is 2.80. The van der Waals surface area contributed by atoms with Crippen molar-refractivity contribution in [3.05, 3.63) is 16.1 Å². The summed E-state index contributed by atoms with van der Waals surface area (Å²) in [6, 6.07) is 0. The van der Waals surface area contributed by atoms with E-state index in [1.165, 1.54) is 10.7 Å². The smallest absolute Gasteiger partial charge is 0.107 e. The number of nitrogens with zero attached hydrogens (tertiary/aromatic N) is 3. The van der Waals surface area contributed by atoms with Crippen LogP contribution in [0, 0.1) is 0 Å². The van der Waals surface area contributed by atoms with Gasteiger partial charge in [-0.15, -0.1) is 11.3 Å². The molecular formula is C14H25N3OS. The monoisotopic (exact) mass is 283 g/mol. The van der Waals surface area contributed by atoms with Gasteiger partial charge in [0, 0.05) is 43.5 Å². The van der Waals surface area contributed by atoms with Gasteiger partial charge < -0.3 is 5.11 Å². The molecule has 0 bridgehead atoms. The van der Waals surface area contributed by atoms with Crippen LogP contribution < -0.4 is 0 Å². The van der Waals surface area contributed by atoms with E-state index in [0.717, 1.165) is 39.3 Å². The van der Waals surface area contributed by atoms with E-state index in [9.17, 15) is 0 Å². The van der Waals surface area contributed by atoms with Crippen molar-refractivity contribution in [1.29, 1.82) is 0 Å². The van der Waals surface area contributed by atoms with Crippen LogP contribution in [-0.2, 0) is 12.0 Å². The second-order valence-electron chi connectivity index (χ2n) is 6.22. The van der Waals surface area contributed by atoms with Gasteiger partial charge >= 0.3 is 0 Å². The fraction of sp³-hybridized carbons (Fsp3) is 0.786. The first kappa shape index (κ1) is 14.9. The number of aromatic nitrogens is 1. The molecule has 0 saturated carbocycles. The predicted molar refractivity (Wildman–Crippen MR) is 79.6 cm³/mol. The van der Waals surface area contributed by atoms with Crippen LogP contribution in [0.25, 0.3) is 0 Å². The van der Waals surface area contributed by atoms with E-state index in [-0.39, 0.29) is 12.0 Å². The number of aliphatic hydroxyl groups is 1. The molecule has 2 rings (SSSR count). The van der Waals surface area contributed by atoms with Crippen LogP contribution in [-0.4, -0.2) is 59.2 Å². The van der Waals surface area contributed by atoms with Gasteiger partial charge in [0.15, 0.2) is 0 Å². The summed E-state index contributed by atoms with van der Waals surface area (Å²) >= 11 is 1.77. The first-order valence-electron chi connectivity index (χ1n) is 6.99. The maximum absolute atomic E-state index is 8.93. The Hall–Kier alpha value is -0.490. The lowest BCUT2D eigenvalue weighted by molar-refractivity contribution is 0.108. The van der Waals surface area contributed by atoms with Crippen LogP contribution in [0.15, 0.2) is 5.38 Å². The van der Waals surface area contributed by atoms with Gasteiger partial charge in [0.2, 0.25) is 0 Å². The Bertz CT molecular complexity index is 392. The predicted octanol–water partition coefficient (Wildman–Crippen LogP) is 1.55.